The first-order valence-electron chi connectivity index (χ1n) is 9.38. The summed E-state index contributed by atoms with van der Waals surface area (Å²) in [7, 11) is 0. The molecule has 28 heavy (non-hydrogen) atoms. The molecule has 0 aromatic heterocycles. The van der Waals surface area contributed by atoms with E-state index in [0.29, 0.717) is 26.3 Å². The Morgan fingerprint density at radius 1 is 1.07 bits per heavy atom. The number of nitrogens with zero attached hydrogens (tertiary/aromatic N) is 1. The van der Waals surface area contributed by atoms with Gasteiger partial charge >= 0.3 is 12.0 Å². The van der Waals surface area contributed by atoms with Crippen molar-refractivity contribution in [2.24, 2.45) is 0 Å². The van der Waals surface area contributed by atoms with E-state index in [2.05, 4.69) is 5.32 Å². The van der Waals surface area contributed by atoms with E-state index in [9.17, 15) is 9.59 Å². The average molecular weight is 382 g/mol. The SMILES string of the molecule is O=C(O)c1ccc(CNC(=O)N2CCCC2c2ccc3c(c2)OCCO3)cc1. The van der Waals surface area contributed by atoms with Crippen LogP contribution in [-0.4, -0.2) is 41.8 Å². The van der Waals surface area contributed by atoms with Gasteiger partial charge in [-0.2, -0.15) is 0 Å². The predicted molar refractivity (Wildman–Crippen MR) is 102 cm³/mol. The Kier molecular flexibility index (Phi) is 5.06. The van der Waals surface area contributed by atoms with Crippen molar-refractivity contribution in [1.82, 2.24) is 10.2 Å². The van der Waals surface area contributed by atoms with E-state index in [-0.39, 0.29) is 17.6 Å². The fourth-order valence-corrected chi connectivity index (χ4v) is 3.67. The Hall–Kier alpha value is -3.22. The molecular formula is C21H22N2O5. The minimum Gasteiger partial charge on any atom is -0.486 e. The summed E-state index contributed by atoms with van der Waals surface area (Å²) < 4.78 is 11.2. The molecule has 2 aliphatic heterocycles. The lowest BCUT2D eigenvalue weighted by atomic mass is 10.0. The Bertz CT molecular complexity index is 881. The Labute approximate surface area is 162 Å². The number of carboxylic acids is 1. The van der Waals surface area contributed by atoms with Crippen molar-refractivity contribution in [1.29, 1.82) is 0 Å². The van der Waals surface area contributed by atoms with Crippen LogP contribution in [0.1, 0.15) is 40.4 Å². The summed E-state index contributed by atoms with van der Waals surface area (Å²) in [6.45, 7) is 2.13. The molecule has 2 aromatic rings. The van der Waals surface area contributed by atoms with E-state index in [1.54, 1.807) is 12.1 Å². The number of rotatable bonds is 4. The lowest BCUT2D eigenvalue weighted by Gasteiger charge is -2.27. The summed E-state index contributed by atoms with van der Waals surface area (Å²) in [6.07, 6.45) is 1.85. The Balaban J connectivity index is 1.41. The Morgan fingerprint density at radius 2 is 1.82 bits per heavy atom. The van der Waals surface area contributed by atoms with Crippen LogP contribution in [0.2, 0.25) is 0 Å². The fraction of sp³-hybridized carbons (Fsp3) is 0.333. The molecule has 0 radical (unpaired) electrons. The van der Waals surface area contributed by atoms with Gasteiger partial charge in [-0.25, -0.2) is 9.59 Å². The normalized spacial score (nSPS) is 18.0. The van der Waals surface area contributed by atoms with Gasteiger partial charge in [0.1, 0.15) is 13.2 Å². The van der Waals surface area contributed by atoms with E-state index in [4.69, 9.17) is 14.6 Å². The van der Waals surface area contributed by atoms with Crippen LogP contribution < -0.4 is 14.8 Å². The van der Waals surface area contributed by atoms with Crippen LogP contribution in [0.5, 0.6) is 11.5 Å². The van der Waals surface area contributed by atoms with Gasteiger partial charge in [-0.05, 0) is 48.2 Å². The van der Waals surface area contributed by atoms with Crippen LogP contribution >= 0.6 is 0 Å². The topological polar surface area (TPSA) is 88.1 Å². The molecule has 2 N–H and O–H groups in total. The lowest BCUT2D eigenvalue weighted by molar-refractivity contribution is 0.0697. The monoisotopic (exact) mass is 382 g/mol. The number of amides is 2. The molecule has 2 aromatic carbocycles. The highest BCUT2D eigenvalue weighted by molar-refractivity contribution is 5.87. The van der Waals surface area contributed by atoms with Crippen molar-refractivity contribution in [3.63, 3.8) is 0 Å². The third kappa shape index (κ3) is 3.74. The van der Waals surface area contributed by atoms with Crippen LogP contribution in [0.25, 0.3) is 0 Å². The summed E-state index contributed by atoms with van der Waals surface area (Å²) >= 11 is 0. The molecular weight excluding hydrogens is 360 g/mol. The van der Waals surface area contributed by atoms with Gasteiger partial charge in [-0.1, -0.05) is 18.2 Å². The summed E-state index contributed by atoms with van der Waals surface area (Å²) in [5, 5.41) is 11.9. The number of likely N-dealkylation sites (tertiary alicyclic amines) is 1. The summed E-state index contributed by atoms with van der Waals surface area (Å²) in [4.78, 5) is 25.5. The zero-order valence-electron chi connectivity index (χ0n) is 15.4. The van der Waals surface area contributed by atoms with Crippen LogP contribution in [-0.2, 0) is 6.54 Å². The second-order valence-electron chi connectivity index (χ2n) is 6.92. The maximum Gasteiger partial charge on any atom is 0.335 e. The van der Waals surface area contributed by atoms with Gasteiger partial charge < -0.3 is 24.8 Å². The average Bonchev–Trinajstić information content (AvgIpc) is 3.22. The van der Waals surface area contributed by atoms with Crippen molar-refractivity contribution < 1.29 is 24.2 Å². The molecule has 1 fully saturated rings. The minimum atomic E-state index is -0.963. The molecule has 2 heterocycles. The highest BCUT2D eigenvalue weighted by Crippen LogP contribution is 2.38. The number of carboxylic acid groups (broad SMARTS) is 1. The number of hydrogen-bond acceptors (Lipinski definition) is 4. The quantitative estimate of drug-likeness (QED) is 0.848. The lowest BCUT2D eigenvalue weighted by Crippen LogP contribution is -2.39. The van der Waals surface area contributed by atoms with Gasteiger partial charge in [0.2, 0.25) is 0 Å². The standard InChI is InChI=1S/C21H22N2O5/c24-20(25)15-5-3-14(4-6-15)13-22-21(26)23-9-1-2-17(23)16-7-8-18-19(12-16)28-11-10-27-18/h3-8,12,17H,1-2,9-11,13H2,(H,22,26)(H,24,25). The van der Waals surface area contributed by atoms with Gasteiger partial charge in [0.25, 0.3) is 0 Å². The number of hydrogen-bond donors (Lipinski definition) is 2. The number of nitrogens with one attached hydrogen (secondary N) is 1. The number of ether oxygens (including phenoxy) is 2. The first-order chi connectivity index (χ1) is 13.6. The van der Waals surface area contributed by atoms with E-state index in [0.717, 1.165) is 35.5 Å². The van der Waals surface area contributed by atoms with E-state index >= 15 is 0 Å². The number of carbonyl (C=O) groups is 2. The maximum atomic E-state index is 12.7. The van der Waals surface area contributed by atoms with Crippen molar-refractivity contribution >= 4 is 12.0 Å². The smallest absolute Gasteiger partial charge is 0.335 e. The third-order valence-corrected chi connectivity index (χ3v) is 5.11. The van der Waals surface area contributed by atoms with Crippen LogP contribution in [0.3, 0.4) is 0 Å². The number of benzene rings is 2. The molecule has 0 aliphatic carbocycles. The second-order valence-corrected chi connectivity index (χ2v) is 6.92. The van der Waals surface area contributed by atoms with E-state index in [1.165, 1.54) is 12.1 Å². The van der Waals surface area contributed by atoms with Gasteiger partial charge in [0, 0.05) is 13.1 Å². The number of carbonyl (C=O) groups excluding carboxylic acids is 1. The van der Waals surface area contributed by atoms with Gasteiger partial charge in [0.05, 0.1) is 11.6 Å². The maximum absolute atomic E-state index is 12.7. The third-order valence-electron chi connectivity index (χ3n) is 5.11. The van der Waals surface area contributed by atoms with Gasteiger partial charge in [-0.3, -0.25) is 0 Å². The molecule has 146 valence electrons. The molecule has 0 bridgehead atoms. The molecule has 1 saturated heterocycles. The number of urea groups is 1. The van der Waals surface area contributed by atoms with Crippen molar-refractivity contribution in [3.8, 4) is 11.5 Å². The zero-order valence-corrected chi connectivity index (χ0v) is 15.4. The molecule has 1 unspecified atom stereocenters. The molecule has 7 nitrogen and oxygen atoms in total. The molecule has 0 saturated carbocycles. The molecule has 4 rings (SSSR count). The van der Waals surface area contributed by atoms with Crippen molar-refractivity contribution in [3.05, 3.63) is 59.2 Å². The Morgan fingerprint density at radius 3 is 2.57 bits per heavy atom. The van der Waals surface area contributed by atoms with Gasteiger partial charge in [-0.15, -0.1) is 0 Å². The molecule has 0 spiro atoms. The first-order valence-corrected chi connectivity index (χ1v) is 9.38. The first kappa shape index (κ1) is 18.2. The van der Waals surface area contributed by atoms with Crippen LogP contribution in [0.15, 0.2) is 42.5 Å². The zero-order chi connectivity index (χ0) is 19.5. The highest BCUT2D eigenvalue weighted by atomic mass is 16.6. The van der Waals surface area contributed by atoms with Crippen LogP contribution in [0.4, 0.5) is 4.79 Å². The highest BCUT2D eigenvalue weighted by Gasteiger charge is 2.30. The predicted octanol–water partition coefficient (Wildman–Crippen LogP) is 3.20. The molecule has 7 heteroatoms. The number of fused-ring (bicyclic) bond motifs is 1. The summed E-state index contributed by atoms with van der Waals surface area (Å²) in [5.41, 5.74) is 2.13. The van der Waals surface area contributed by atoms with E-state index in [1.807, 2.05) is 23.1 Å². The molecule has 1 atom stereocenters. The van der Waals surface area contributed by atoms with Crippen molar-refractivity contribution in [2.75, 3.05) is 19.8 Å². The largest absolute Gasteiger partial charge is 0.486 e. The fourth-order valence-electron chi connectivity index (χ4n) is 3.67. The summed E-state index contributed by atoms with van der Waals surface area (Å²) in [5.74, 6) is 0.512. The van der Waals surface area contributed by atoms with Crippen LogP contribution in [0, 0.1) is 0 Å². The second kappa shape index (κ2) is 7.80. The summed E-state index contributed by atoms with van der Waals surface area (Å²) in [6, 6.07) is 12.3. The van der Waals surface area contributed by atoms with Crippen molar-refractivity contribution in [2.45, 2.75) is 25.4 Å². The van der Waals surface area contributed by atoms with Gasteiger partial charge in [0.15, 0.2) is 11.5 Å². The molecule has 2 aliphatic rings. The molecule has 2 amide bonds. The number of aromatic carboxylic acids is 1. The van der Waals surface area contributed by atoms with E-state index < -0.39 is 5.97 Å². The minimum absolute atomic E-state index is 0.00483.